The molecule has 1 aromatic carbocycles. The number of rotatable bonds is 4. The predicted octanol–water partition coefficient (Wildman–Crippen LogP) is 2.87. The van der Waals surface area contributed by atoms with Crippen molar-refractivity contribution in [2.24, 2.45) is 0 Å². The number of nitrogens with zero attached hydrogens (tertiary/aromatic N) is 4. The van der Waals surface area contributed by atoms with Crippen molar-refractivity contribution in [3.63, 3.8) is 0 Å². The van der Waals surface area contributed by atoms with Crippen molar-refractivity contribution in [2.75, 3.05) is 17.6 Å². The normalized spacial score (nSPS) is 10.9. The Morgan fingerprint density at radius 3 is 2.74 bits per heavy atom. The molecule has 0 bridgehead atoms. The van der Waals surface area contributed by atoms with Gasteiger partial charge in [0.15, 0.2) is 0 Å². The van der Waals surface area contributed by atoms with Crippen molar-refractivity contribution in [1.82, 2.24) is 30.2 Å². The van der Waals surface area contributed by atoms with E-state index in [1.54, 1.807) is 18.6 Å². The number of nitrogens with two attached hydrogens (primary N) is 1. The molecule has 0 aliphatic carbocycles. The van der Waals surface area contributed by atoms with Gasteiger partial charge in [-0.1, -0.05) is 0 Å². The lowest BCUT2D eigenvalue weighted by Gasteiger charge is -2.05. The number of carbonyl (C=O) groups is 1. The van der Waals surface area contributed by atoms with Crippen molar-refractivity contribution in [3.8, 4) is 21.7 Å². The Balaban J connectivity index is 1.84. The highest BCUT2D eigenvalue weighted by atomic mass is 32.1. The third kappa shape index (κ3) is 3.42. The molecule has 10 heteroatoms. The molecule has 4 rings (SSSR count). The van der Waals surface area contributed by atoms with Gasteiger partial charge in [-0.05, 0) is 24.6 Å². The average Bonchev–Trinajstić information content (AvgIpc) is 3.31. The number of benzene rings is 1. The number of H-pyrrole nitrogens is 1. The maximum Gasteiger partial charge on any atom is 0.321 e. The van der Waals surface area contributed by atoms with Crippen LogP contribution in [-0.2, 0) is 0 Å². The molecule has 0 radical (unpaired) electrons. The molecule has 0 saturated heterocycles. The van der Waals surface area contributed by atoms with Crippen LogP contribution in [0.15, 0.2) is 36.1 Å². The van der Waals surface area contributed by atoms with E-state index in [0.717, 1.165) is 27.2 Å². The predicted molar refractivity (Wildman–Crippen MR) is 105 cm³/mol. The first-order chi connectivity index (χ1) is 13.1. The van der Waals surface area contributed by atoms with E-state index in [1.165, 1.54) is 11.3 Å². The Kier molecular flexibility index (Phi) is 4.38. The Morgan fingerprint density at radius 1 is 1.22 bits per heavy atom. The lowest BCUT2D eigenvalue weighted by Crippen LogP contribution is -2.28. The zero-order chi connectivity index (χ0) is 18.8. The van der Waals surface area contributed by atoms with Crippen molar-refractivity contribution < 1.29 is 4.79 Å². The zero-order valence-electron chi connectivity index (χ0n) is 14.4. The number of fused-ring (bicyclic) bond motifs is 1. The summed E-state index contributed by atoms with van der Waals surface area (Å²) in [6, 6.07) is 3.57. The molecule has 136 valence electrons. The molecular formula is C17H16N8OS. The summed E-state index contributed by atoms with van der Waals surface area (Å²) in [6.45, 7) is 2.37. The third-order valence-corrected chi connectivity index (χ3v) is 4.64. The molecule has 5 N–H and O–H groups in total. The van der Waals surface area contributed by atoms with Crippen LogP contribution >= 0.6 is 11.3 Å². The van der Waals surface area contributed by atoms with Gasteiger partial charge in [-0.2, -0.15) is 0 Å². The molecule has 0 fully saturated rings. The number of hydrogen-bond acceptors (Lipinski definition) is 7. The Bertz CT molecular complexity index is 1090. The van der Waals surface area contributed by atoms with E-state index in [9.17, 15) is 4.79 Å². The number of aromatic amines is 1. The summed E-state index contributed by atoms with van der Waals surface area (Å²) in [6.07, 6.45) is 5.07. The molecule has 27 heavy (non-hydrogen) atoms. The Hall–Kier alpha value is -3.53. The summed E-state index contributed by atoms with van der Waals surface area (Å²) in [4.78, 5) is 32.0. The molecule has 0 spiro atoms. The SMILES string of the molecule is CCNC(=O)Nc1nc2cc(-c3cnc(N)nc3)cc(-c3nccs3)c2[nH]1. The van der Waals surface area contributed by atoms with Crippen LogP contribution in [0, 0.1) is 0 Å². The summed E-state index contributed by atoms with van der Waals surface area (Å²) in [5.74, 6) is 0.577. The van der Waals surface area contributed by atoms with Gasteiger partial charge < -0.3 is 16.0 Å². The fourth-order valence-corrected chi connectivity index (χ4v) is 3.32. The second-order valence-corrected chi connectivity index (χ2v) is 6.55. The standard InChI is InChI=1S/C17H16N8OS/c1-2-19-17(26)25-16-23-12-6-9(10-7-21-15(18)22-8-10)5-11(13(12)24-16)14-20-3-4-27-14/h3-8H,2H2,1H3,(H2,18,21,22)(H3,19,23,24,25,26). The molecule has 0 aliphatic heterocycles. The zero-order valence-corrected chi connectivity index (χ0v) is 15.2. The number of aromatic nitrogens is 5. The maximum atomic E-state index is 11.8. The largest absolute Gasteiger partial charge is 0.368 e. The van der Waals surface area contributed by atoms with Gasteiger partial charge >= 0.3 is 6.03 Å². The maximum absolute atomic E-state index is 11.8. The minimum atomic E-state index is -0.320. The van der Waals surface area contributed by atoms with Crippen LogP contribution in [0.2, 0.25) is 0 Å². The van der Waals surface area contributed by atoms with Crippen LogP contribution in [0.5, 0.6) is 0 Å². The topological polar surface area (TPSA) is 134 Å². The minimum Gasteiger partial charge on any atom is -0.368 e. The number of nitrogen functional groups attached to an aromatic ring is 1. The van der Waals surface area contributed by atoms with E-state index in [1.807, 2.05) is 24.4 Å². The molecule has 0 aliphatic rings. The Morgan fingerprint density at radius 2 is 2.04 bits per heavy atom. The highest BCUT2D eigenvalue weighted by Gasteiger charge is 2.15. The highest BCUT2D eigenvalue weighted by molar-refractivity contribution is 7.13. The summed E-state index contributed by atoms with van der Waals surface area (Å²) in [5, 5.41) is 8.12. The quantitative estimate of drug-likeness (QED) is 0.430. The molecule has 0 atom stereocenters. The number of thiazole rings is 1. The van der Waals surface area contributed by atoms with E-state index in [2.05, 4.69) is 35.6 Å². The van der Waals surface area contributed by atoms with E-state index < -0.39 is 0 Å². The highest BCUT2D eigenvalue weighted by Crippen LogP contribution is 2.34. The van der Waals surface area contributed by atoms with Gasteiger partial charge in [-0.15, -0.1) is 11.3 Å². The van der Waals surface area contributed by atoms with Crippen molar-refractivity contribution in [2.45, 2.75) is 6.92 Å². The monoisotopic (exact) mass is 380 g/mol. The van der Waals surface area contributed by atoms with Crippen LogP contribution in [0.3, 0.4) is 0 Å². The lowest BCUT2D eigenvalue weighted by atomic mass is 10.0. The number of amides is 2. The van der Waals surface area contributed by atoms with E-state index in [-0.39, 0.29) is 12.0 Å². The van der Waals surface area contributed by atoms with Crippen molar-refractivity contribution in [1.29, 1.82) is 0 Å². The number of anilines is 2. The summed E-state index contributed by atoms with van der Waals surface area (Å²) >= 11 is 1.52. The van der Waals surface area contributed by atoms with Crippen LogP contribution in [0.25, 0.3) is 32.7 Å². The fourth-order valence-electron chi connectivity index (χ4n) is 2.66. The van der Waals surface area contributed by atoms with Crippen LogP contribution in [0.1, 0.15) is 6.92 Å². The summed E-state index contributed by atoms with van der Waals surface area (Å²) in [5.41, 5.74) is 9.64. The molecule has 3 heterocycles. The van der Waals surface area contributed by atoms with E-state index in [4.69, 9.17) is 5.73 Å². The first-order valence-electron chi connectivity index (χ1n) is 8.20. The smallest absolute Gasteiger partial charge is 0.321 e. The first kappa shape index (κ1) is 16.9. The van der Waals surface area contributed by atoms with Crippen molar-refractivity contribution >= 4 is 40.3 Å². The first-order valence-corrected chi connectivity index (χ1v) is 9.08. The molecular weight excluding hydrogens is 364 g/mol. The molecule has 9 nitrogen and oxygen atoms in total. The van der Waals surface area contributed by atoms with Crippen LogP contribution < -0.4 is 16.4 Å². The number of carbonyl (C=O) groups excluding carboxylic acids is 1. The van der Waals surface area contributed by atoms with Gasteiger partial charge in [0.05, 0.1) is 11.0 Å². The second-order valence-electron chi connectivity index (χ2n) is 5.65. The van der Waals surface area contributed by atoms with Gasteiger partial charge in [0.2, 0.25) is 11.9 Å². The molecule has 2 amide bonds. The second kappa shape index (κ2) is 7.00. The van der Waals surface area contributed by atoms with Gasteiger partial charge in [-0.3, -0.25) is 5.32 Å². The number of urea groups is 1. The van der Waals surface area contributed by atoms with Crippen molar-refractivity contribution in [3.05, 3.63) is 36.1 Å². The van der Waals surface area contributed by atoms with Gasteiger partial charge in [0.25, 0.3) is 0 Å². The van der Waals surface area contributed by atoms with Gasteiger partial charge in [0, 0.05) is 41.6 Å². The summed E-state index contributed by atoms with van der Waals surface area (Å²) in [7, 11) is 0. The molecule has 0 unspecified atom stereocenters. The third-order valence-electron chi connectivity index (χ3n) is 3.83. The van der Waals surface area contributed by atoms with Gasteiger partial charge in [0.1, 0.15) is 5.01 Å². The molecule has 0 saturated carbocycles. The van der Waals surface area contributed by atoms with E-state index >= 15 is 0 Å². The average molecular weight is 380 g/mol. The number of hydrogen-bond donors (Lipinski definition) is 4. The van der Waals surface area contributed by atoms with Crippen LogP contribution in [-0.4, -0.2) is 37.5 Å². The summed E-state index contributed by atoms with van der Waals surface area (Å²) < 4.78 is 0. The van der Waals surface area contributed by atoms with Gasteiger partial charge in [-0.25, -0.2) is 24.7 Å². The number of nitrogens with one attached hydrogen (secondary N) is 3. The number of imidazole rings is 1. The Labute approximate surface area is 158 Å². The van der Waals surface area contributed by atoms with Crippen LogP contribution in [0.4, 0.5) is 16.7 Å². The fraction of sp³-hybridized carbons (Fsp3) is 0.118. The lowest BCUT2D eigenvalue weighted by molar-refractivity contribution is 0.252. The minimum absolute atomic E-state index is 0.216. The molecule has 3 aromatic heterocycles. The van der Waals surface area contributed by atoms with E-state index in [0.29, 0.717) is 18.0 Å². The molecule has 4 aromatic rings.